The standard InChI is InChI=1S/C48H56BrN10O6P/c1-5-29-26-39(54-48-52-28-36(49)45(56-48)53-38-11-10-37-43(51-16-15-50-37)44(38)66(3,4)63)41(64-2)27-40(29)58-17-13-32(14-18-58)57-19-21-59(22-20-57)47(62)31-24-34(25-31)65-33-8-6-7-30(23-33)35-9-12-42(60)55-46(35)61/h6-8,10-11,15-16,23,26-28,31-32,34-35H,5,9,12-14,17-22,24-25H2,1-4H3,(H,55,60,61)(H2,52,53,54,56)/t31-,34-,35?. The molecule has 4 fully saturated rings. The van der Waals surface area contributed by atoms with E-state index in [1.165, 1.54) is 5.56 Å². The van der Waals surface area contributed by atoms with Gasteiger partial charge in [0.1, 0.15) is 36.1 Å². The summed E-state index contributed by atoms with van der Waals surface area (Å²) in [6.45, 7) is 10.7. The lowest BCUT2D eigenvalue weighted by Gasteiger charge is -2.45. The average molecular weight is 980 g/mol. The summed E-state index contributed by atoms with van der Waals surface area (Å²) in [5.41, 5.74) is 5.85. The topological polar surface area (TPSA) is 184 Å². The van der Waals surface area contributed by atoms with Gasteiger partial charge in [0.25, 0.3) is 0 Å². The molecule has 1 saturated carbocycles. The molecule has 0 bridgehead atoms. The maximum absolute atomic E-state index is 13.5. The Balaban J connectivity index is 0.773. The predicted octanol–water partition coefficient (Wildman–Crippen LogP) is 6.98. The lowest BCUT2D eigenvalue weighted by molar-refractivity contribution is -0.143. The number of halogens is 1. The van der Waals surface area contributed by atoms with Gasteiger partial charge in [-0.3, -0.25) is 34.6 Å². The molecule has 5 aromatic rings. The third-order valence-corrected chi connectivity index (χ3v) is 15.5. The second kappa shape index (κ2) is 19.3. The molecule has 3 aromatic carbocycles. The van der Waals surface area contributed by atoms with Crippen LogP contribution in [-0.2, 0) is 25.4 Å². The number of piperazine rings is 1. The van der Waals surface area contributed by atoms with E-state index >= 15 is 0 Å². The summed E-state index contributed by atoms with van der Waals surface area (Å²) in [5.74, 6) is 1.59. The lowest BCUT2D eigenvalue weighted by Crippen LogP contribution is -2.56. The van der Waals surface area contributed by atoms with Gasteiger partial charge in [-0.05, 0) is 109 Å². The number of imide groups is 1. The molecule has 66 heavy (non-hydrogen) atoms. The van der Waals surface area contributed by atoms with Crippen LogP contribution in [0.5, 0.6) is 11.5 Å². The number of aryl methyl sites for hydroxylation is 1. The molecule has 3 N–H and O–H groups in total. The number of piperidine rings is 2. The first-order chi connectivity index (χ1) is 31.8. The van der Waals surface area contributed by atoms with E-state index in [-0.39, 0.29) is 35.7 Å². The summed E-state index contributed by atoms with van der Waals surface area (Å²) >= 11 is 3.59. The summed E-state index contributed by atoms with van der Waals surface area (Å²) in [5, 5.41) is 9.81. The van der Waals surface area contributed by atoms with Crippen LogP contribution in [0.3, 0.4) is 0 Å². The average Bonchev–Trinajstić information content (AvgIpc) is 3.30. The number of methoxy groups -OCH3 is 1. The highest BCUT2D eigenvalue weighted by atomic mass is 79.9. The number of nitrogens with one attached hydrogen (secondary N) is 3. The number of benzene rings is 3. The van der Waals surface area contributed by atoms with Gasteiger partial charge < -0.3 is 34.5 Å². The fourth-order valence-electron chi connectivity index (χ4n) is 9.80. The Kier molecular flexibility index (Phi) is 13.3. The molecule has 3 saturated heterocycles. The number of fused-ring (bicyclic) bond motifs is 1. The van der Waals surface area contributed by atoms with Crippen molar-refractivity contribution < 1.29 is 28.4 Å². The number of rotatable bonds is 13. The molecule has 18 heteroatoms. The van der Waals surface area contributed by atoms with Crippen molar-refractivity contribution >= 4 is 86.0 Å². The van der Waals surface area contributed by atoms with E-state index in [0.717, 1.165) is 75.5 Å². The highest BCUT2D eigenvalue weighted by molar-refractivity contribution is 9.10. The summed E-state index contributed by atoms with van der Waals surface area (Å²) in [6.07, 6.45) is 9.96. The zero-order valence-corrected chi connectivity index (χ0v) is 40.2. The first-order valence-electron chi connectivity index (χ1n) is 22.8. The third-order valence-electron chi connectivity index (χ3n) is 13.4. The molecule has 16 nitrogen and oxygen atoms in total. The number of hydrogen-bond acceptors (Lipinski definition) is 14. The molecule has 1 aliphatic carbocycles. The van der Waals surface area contributed by atoms with Gasteiger partial charge in [0.2, 0.25) is 23.7 Å². The molecular formula is C48H56BrN10O6P. The van der Waals surface area contributed by atoms with Crippen molar-refractivity contribution in [3.05, 3.63) is 82.7 Å². The third kappa shape index (κ3) is 9.75. The van der Waals surface area contributed by atoms with E-state index < -0.39 is 7.14 Å². The second-order valence-electron chi connectivity index (χ2n) is 18.0. The minimum absolute atomic E-state index is 0.0313. The molecule has 4 aliphatic rings. The van der Waals surface area contributed by atoms with E-state index in [1.807, 2.05) is 41.3 Å². The molecular weight excluding hydrogens is 923 g/mol. The molecule has 2 aromatic heterocycles. The molecule has 0 radical (unpaired) electrons. The SMILES string of the molecule is CCc1cc(Nc2ncc(Br)c(Nc3ccc4nccnc4c3P(C)(C)=O)n2)c(OC)cc1N1CCC(N2CCN(C(=O)[C@H]3C[C@H](Oc4cccc(C5CCC(=O)NC5=O)c4)C3)CC2)CC1. The quantitative estimate of drug-likeness (QED) is 0.0811. The van der Waals surface area contributed by atoms with Gasteiger partial charge in [0.05, 0.1) is 39.7 Å². The van der Waals surface area contributed by atoms with Crippen LogP contribution < -0.4 is 35.6 Å². The Morgan fingerprint density at radius 3 is 2.42 bits per heavy atom. The van der Waals surface area contributed by atoms with Crippen LogP contribution in [0.1, 0.15) is 62.5 Å². The minimum Gasteiger partial charge on any atom is -0.494 e. The number of carbonyl (C=O) groups is 3. The van der Waals surface area contributed by atoms with Crippen LogP contribution in [0.4, 0.5) is 28.8 Å². The maximum atomic E-state index is 13.5. The van der Waals surface area contributed by atoms with Crippen LogP contribution in [0.15, 0.2) is 71.6 Å². The summed E-state index contributed by atoms with van der Waals surface area (Å²) in [6, 6.07) is 16.0. The van der Waals surface area contributed by atoms with E-state index in [1.54, 1.807) is 39.0 Å². The monoisotopic (exact) mass is 978 g/mol. The van der Waals surface area contributed by atoms with E-state index in [0.29, 0.717) is 81.5 Å². The number of nitrogens with zero attached hydrogens (tertiary/aromatic N) is 7. The van der Waals surface area contributed by atoms with Crippen molar-refractivity contribution in [3.8, 4) is 11.5 Å². The second-order valence-corrected chi connectivity index (χ2v) is 22.0. The van der Waals surface area contributed by atoms with Gasteiger partial charge in [-0.15, -0.1) is 0 Å². The largest absolute Gasteiger partial charge is 0.494 e. The van der Waals surface area contributed by atoms with Crippen molar-refractivity contribution in [2.75, 3.05) is 75.2 Å². The van der Waals surface area contributed by atoms with E-state index in [4.69, 9.17) is 14.5 Å². The lowest BCUT2D eigenvalue weighted by atomic mass is 9.81. The Morgan fingerprint density at radius 2 is 1.70 bits per heavy atom. The fraction of sp³-hybridized carbons (Fsp3) is 0.438. The van der Waals surface area contributed by atoms with Gasteiger partial charge in [0.15, 0.2) is 0 Å². The Bertz CT molecular complexity index is 2700. The first kappa shape index (κ1) is 45.5. The zero-order chi connectivity index (χ0) is 46.1. The molecule has 1 unspecified atom stereocenters. The maximum Gasteiger partial charge on any atom is 0.234 e. The highest BCUT2D eigenvalue weighted by Crippen LogP contribution is 2.42. The molecule has 3 amide bonds. The molecule has 9 rings (SSSR count). The van der Waals surface area contributed by atoms with Crippen molar-refractivity contribution in [3.63, 3.8) is 0 Å². The Labute approximate surface area is 393 Å². The van der Waals surface area contributed by atoms with Crippen molar-refractivity contribution in [2.24, 2.45) is 5.92 Å². The van der Waals surface area contributed by atoms with Crippen molar-refractivity contribution in [1.82, 2.24) is 35.1 Å². The molecule has 0 spiro atoms. The van der Waals surface area contributed by atoms with Crippen LogP contribution in [0.2, 0.25) is 0 Å². The Morgan fingerprint density at radius 1 is 0.924 bits per heavy atom. The van der Waals surface area contributed by atoms with Crippen molar-refractivity contribution in [1.29, 1.82) is 0 Å². The van der Waals surface area contributed by atoms with Gasteiger partial charge >= 0.3 is 0 Å². The number of amides is 3. The summed E-state index contributed by atoms with van der Waals surface area (Å²) < 4.78 is 26.4. The van der Waals surface area contributed by atoms with Gasteiger partial charge in [-0.2, -0.15) is 4.98 Å². The highest BCUT2D eigenvalue weighted by Gasteiger charge is 2.40. The zero-order valence-electron chi connectivity index (χ0n) is 37.8. The van der Waals surface area contributed by atoms with Crippen LogP contribution in [0.25, 0.3) is 11.0 Å². The summed E-state index contributed by atoms with van der Waals surface area (Å²) in [7, 11) is -1.11. The predicted molar refractivity (Wildman–Crippen MR) is 259 cm³/mol. The smallest absolute Gasteiger partial charge is 0.234 e. The molecule has 346 valence electrons. The van der Waals surface area contributed by atoms with E-state index in [2.05, 4.69) is 75.7 Å². The van der Waals surface area contributed by atoms with Gasteiger partial charge in [0, 0.05) is 88.0 Å². The Hall–Kier alpha value is -5.64. The summed E-state index contributed by atoms with van der Waals surface area (Å²) in [4.78, 5) is 62.9. The van der Waals surface area contributed by atoms with E-state index in [9.17, 15) is 18.9 Å². The van der Waals surface area contributed by atoms with Crippen LogP contribution in [-0.4, -0.2) is 119 Å². The van der Waals surface area contributed by atoms with Crippen molar-refractivity contribution in [2.45, 2.75) is 69.9 Å². The number of carbonyl (C=O) groups excluding carboxylic acids is 3. The number of aromatic nitrogens is 4. The van der Waals surface area contributed by atoms with Gasteiger partial charge in [-0.1, -0.05) is 19.1 Å². The number of anilines is 5. The molecule has 3 aliphatic heterocycles. The fourth-order valence-corrected chi connectivity index (χ4v) is 11.5. The molecule has 5 heterocycles. The minimum atomic E-state index is -2.78. The molecule has 1 atom stereocenters. The normalized spacial score (nSPS) is 20.7. The first-order valence-corrected chi connectivity index (χ1v) is 26.2. The van der Waals surface area contributed by atoms with Gasteiger partial charge in [-0.25, -0.2) is 4.98 Å². The van der Waals surface area contributed by atoms with Crippen LogP contribution >= 0.6 is 23.1 Å². The number of hydrogen-bond donors (Lipinski definition) is 3. The number of ether oxygens (including phenoxy) is 2. The van der Waals surface area contributed by atoms with Crippen LogP contribution in [0, 0.1) is 5.92 Å².